The van der Waals surface area contributed by atoms with Crippen molar-refractivity contribution in [1.29, 1.82) is 0 Å². The number of nitrogens with one attached hydrogen (secondary N) is 2. The molecule has 1 saturated carbocycles. The molecule has 2 aliphatic rings. The van der Waals surface area contributed by atoms with Crippen molar-refractivity contribution < 1.29 is 9.59 Å². The van der Waals surface area contributed by atoms with Gasteiger partial charge in [0.25, 0.3) is 0 Å². The van der Waals surface area contributed by atoms with Crippen molar-refractivity contribution in [3.8, 4) is 0 Å². The molecule has 2 fully saturated rings. The van der Waals surface area contributed by atoms with E-state index in [0.717, 1.165) is 37.2 Å². The van der Waals surface area contributed by atoms with Gasteiger partial charge in [-0.15, -0.1) is 23.7 Å². The minimum absolute atomic E-state index is 0. The number of carbonyl (C=O) groups is 2. The van der Waals surface area contributed by atoms with Gasteiger partial charge in [-0.1, -0.05) is 6.07 Å². The maximum atomic E-state index is 12.5. The first-order valence-electron chi connectivity index (χ1n) is 7.85. The van der Waals surface area contributed by atoms with Crippen LogP contribution < -0.4 is 10.6 Å². The molecule has 0 aromatic carbocycles. The second kappa shape index (κ2) is 7.64. The minimum atomic E-state index is -0.0933. The van der Waals surface area contributed by atoms with Gasteiger partial charge in [0.1, 0.15) is 0 Å². The number of amides is 2. The van der Waals surface area contributed by atoms with Crippen molar-refractivity contribution in [3.05, 3.63) is 22.4 Å². The van der Waals surface area contributed by atoms with Crippen LogP contribution in [0.1, 0.15) is 24.1 Å². The molecule has 1 aromatic heterocycles. The van der Waals surface area contributed by atoms with Gasteiger partial charge in [0.15, 0.2) is 0 Å². The summed E-state index contributed by atoms with van der Waals surface area (Å²) in [7, 11) is 1.74. The zero-order valence-corrected chi connectivity index (χ0v) is 15.0. The van der Waals surface area contributed by atoms with Crippen LogP contribution in [-0.2, 0) is 16.1 Å². The molecule has 1 atom stereocenters. The minimum Gasteiger partial charge on any atom is -0.350 e. The number of carbonyl (C=O) groups excluding carboxylic acids is 2. The molecule has 5 nitrogen and oxygen atoms in total. The van der Waals surface area contributed by atoms with Crippen LogP contribution in [0.4, 0.5) is 0 Å². The summed E-state index contributed by atoms with van der Waals surface area (Å²) in [5, 5.41) is 8.20. The quantitative estimate of drug-likeness (QED) is 0.842. The number of rotatable bonds is 5. The van der Waals surface area contributed by atoms with Gasteiger partial charge in [0.05, 0.1) is 13.1 Å². The van der Waals surface area contributed by atoms with Crippen molar-refractivity contribution in [2.75, 3.05) is 26.7 Å². The molecule has 1 aromatic rings. The lowest BCUT2D eigenvalue weighted by Crippen LogP contribution is -2.40. The lowest BCUT2D eigenvalue weighted by Gasteiger charge is -2.25. The van der Waals surface area contributed by atoms with Gasteiger partial charge in [-0.05, 0) is 49.2 Å². The van der Waals surface area contributed by atoms with Gasteiger partial charge in [0, 0.05) is 17.8 Å². The van der Waals surface area contributed by atoms with E-state index in [4.69, 9.17) is 0 Å². The van der Waals surface area contributed by atoms with Gasteiger partial charge in [-0.3, -0.25) is 9.59 Å². The molecule has 128 valence electrons. The molecule has 1 unspecified atom stereocenters. The highest BCUT2D eigenvalue weighted by atomic mass is 35.5. The van der Waals surface area contributed by atoms with Gasteiger partial charge in [0.2, 0.25) is 11.8 Å². The predicted molar refractivity (Wildman–Crippen MR) is 93.7 cm³/mol. The van der Waals surface area contributed by atoms with Crippen molar-refractivity contribution in [1.82, 2.24) is 15.5 Å². The van der Waals surface area contributed by atoms with E-state index < -0.39 is 0 Å². The van der Waals surface area contributed by atoms with E-state index in [-0.39, 0.29) is 42.1 Å². The predicted octanol–water partition coefficient (Wildman–Crippen LogP) is 1.63. The summed E-state index contributed by atoms with van der Waals surface area (Å²) in [5.74, 6) is 0.169. The first kappa shape index (κ1) is 18.2. The SMILES string of the molecule is CN(CC(=O)NCc1cccs1)C(=O)C1CC12CCNCC2.Cl. The fourth-order valence-corrected chi connectivity index (χ4v) is 4.03. The van der Waals surface area contributed by atoms with Crippen molar-refractivity contribution in [2.45, 2.75) is 25.8 Å². The van der Waals surface area contributed by atoms with Gasteiger partial charge < -0.3 is 15.5 Å². The molecular formula is C16H24ClN3O2S. The third-order valence-corrected chi connectivity index (χ3v) is 5.76. The van der Waals surface area contributed by atoms with E-state index in [1.54, 1.807) is 23.3 Å². The average Bonchev–Trinajstić information content (AvgIpc) is 2.97. The summed E-state index contributed by atoms with van der Waals surface area (Å²) in [6.07, 6.45) is 3.16. The number of nitrogens with zero attached hydrogens (tertiary/aromatic N) is 1. The zero-order chi connectivity index (χ0) is 15.6. The molecule has 1 aliphatic heterocycles. The lowest BCUT2D eigenvalue weighted by molar-refractivity contribution is -0.136. The largest absolute Gasteiger partial charge is 0.350 e. The van der Waals surface area contributed by atoms with Crippen LogP contribution in [0.5, 0.6) is 0 Å². The molecule has 2 N–H and O–H groups in total. The zero-order valence-electron chi connectivity index (χ0n) is 13.3. The van der Waals surface area contributed by atoms with E-state index in [0.29, 0.717) is 6.54 Å². The smallest absolute Gasteiger partial charge is 0.239 e. The Morgan fingerprint density at radius 2 is 2.17 bits per heavy atom. The van der Waals surface area contributed by atoms with Crippen LogP contribution in [0.15, 0.2) is 17.5 Å². The molecule has 2 heterocycles. The highest BCUT2D eigenvalue weighted by Gasteiger charge is 2.58. The Balaban J connectivity index is 0.00000192. The Kier molecular flexibility index (Phi) is 6.06. The topological polar surface area (TPSA) is 61.4 Å². The number of piperidine rings is 1. The maximum absolute atomic E-state index is 12.5. The average molecular weight is 358 g/mol. The van der Waals surface area contributed by atoms with E-state index in [9.17, 15) is 9.59 Å². The number of hydrogen-bond acceptors (Lipinski definition) is 4. The Bertz CT molecular complexity index is 544. The summed E-state index contributed by atoms with van der Waals surface area (Å²) in [5.41, 5.74) is 0.226. The summed E-state index contributed by atoms with van der Waals surface area (Å²) in [4.78, 5) is 27.1. The Labute approximate surface area is 147 Å². The van der Waals surface area contributed by atoms with Crippen LogP contribution in [0.25, 0.3) is 0 Å². The van der Waals surface area contributed by atoms with Gasteiger partial charge >= 0.3 is 0 Å². The first-order valence-corrected chi connectivity index (χ1v) is 8.73. The molecule has 1 spiro atoms. The monoisotopic (exact) mass is 357 g/mol. The van der Waals surface area contributed by atoms with Crippen molar-refractivity contribution in [3.63, 3.8) is 0 Å². The van der Waals surface area contributed by atoms with Gasteiger partial charge in [-0.25, -0.2) is 0 Å². The van der Waals surface area contributed by atoms with E-state index in [1.165, 1.54) is 0 Å². The fraction of sp³-hybridized carbons (Fsp3) is 0.625. The molecular weight excluding hydrogens is 334 g/mol. The number of hydrogen-bond donors (Lipinski definition) is 2. The van der Waals surface area contributed by atoms with Gasteiger partial charge in [-0.2, -0.15) is 0 Å². The third kappa shape index (κ3) is 4.25. The van der Waals surface area contributed by atoms with E-state index >= 15 is 0 Å². The molecule has 7 heteroatoms. The van der Waals surface area contributed by atoms with E-state index in [1.807, 2.05) is 17.5 Å². The standard InChI is InChI=1S/C16H23N3O2S.ClH/c1-19(11-14(20)18-10-12-3-2-8-22-12)15(21)13-9-16(13)4-6-17-7-5-16;/h2-3,8,13,17H,4-7,9-11H2,1H3,(H,18,20);1H. The summed E-state index contributed by atoms with van der Waals surface area (Å²) in [6, 6.07) is 3.96. The summed E-state index contributed by atoms with van der Waals surface area (Å²) >= 11 is 1.62. The normalized spacial score (nSPS) is 21.3. The summed E-state index contributed by atoms with van der Waals surface area (Å²) in [6.45, 7) is 2.70. The lowest BCUT2D eigenvalue weighted by atomic mass is 9.91. The third-order valence-electron chi connectivity index (χ3n) is 4.88. The highest BCUT2D eigenvalue weighted by molar-refractivity contribution is 7.09. The molecule has 3 rings (SSSR count). The maximum Gasteiger partial charge on any atom is 0.239 e. The Morgan fingerprint density at radius 3 is 2.83 bits per heavy atom. The molecule has 1 aliphatic carbocycles. The summed E-state index contributed by atoms with van der Waals surface area (Å²) < 4.78 is 0. The molecule has 1 saturated heterocycles. The van der Waals surface area contributed by atoms with Crippen molar-refractivity contribution in [2.24, 2.45) is 11.3 Å². The van der Waals surface area contributed by atoms with Crippen LogP contribution in [0.3, 0.4) is 0 Å². The number of likely N-dealkylation sites (N-methyl/N-ethyl adjacent to an activating group) is 1. The van der Waals surface area contributed by atoms with Crippen LogP contribution in [0.2, 0.25) is 0 Å². The Morgan fingerprint density at radius 1 is 1.43 bits per heavy atom. The molecule has 2 amide bonds. The van der Waals surface area contributed by atoms with Crippen LogP contribution in [-0.4, -0.2) is 43.4 Å². The highest BCUT2D eigenvalue weighted by Crippen LogP contribution is 2.59. The number of halogens is 1. The second-order valence-corrected chi connectivity index (χ2v) is 7.45. The molecule has 0 bridgehead atoms. The van der Waals surface area contributed by atoms with E-state index in [2.05, 4.69) is 10.6 Å². The van der Waals surface area contributed by atoms with Crippen molar-refractivity contribution >= 4 is 35.6 Å². The first-order chi connectivity index (χ1) is 10.6. The second-order valence-electron chi connectivity index (χ2n) is 6.42. The van der Waals surface area contributed by atoms with Crippen LogP contribution in [0, 0.1) is 11.3 Å². The Hall–Kier alpha value is -1.11. The fourth-order valence-electron chi connectivity index (χ4n) is 3.39. The molecule has 0 radical (unpaired) electrons. The molecule has 23 heavy (non-hydrogen) atoms. The van der Waals surface area contributed by atoms with Crippen LogP contribution >= 0.6 is 23.7 Å². The number of thiophene rings is 1.